The Morgan fingerprint density at radius 1 is 1.35 bits per heavy atom. The quantitative estimate of drug-likeness (QED) is 0.755. The molecule has 0 amide bonds. The molecule has 1 aromatic carbocycles. The smallest absolute Gasteiger partial charge is 0.195 e. The Kier molecular flexibility index (Phi) is 3.37. The van der Waals surface area contributed by atoms with Crippen LogP contribution in [0.3, 0.4) is 0 Å². The molecule has 0 spiro atoms. The van der Waals surface area contributed by atoms with Crippen LogP contribution in [0.15, 0.2) is 29.6 Å². The molecule has 2 aromatic heterocycles. The molecule has 0 aliphatic rings. The van der Waals surface area contributed by atoms with Crippen molar-refractivity contribution in [2.75, 3.05) is 7.11 Å². The summed E-state index contributed by atoms with van der Waals surface area (Å²) < 4.78 is 7.74. The molecule has 0 saturated heterocycles. The van der Waals surface area contributed by atoms with Gasteiger partial charge in [-0.1, -0.05) is 12.1 Å². The van der Waals surface area contributed by atoms with Crippen LogP contribution in [0, 0.1) is 4.77 Å². The van der Waals surface area contributed by atoms with Crippen molar-refractivity contribution in [1.29, 1.82) is 0 Å². The normalized spacial score (nSPS) is 10.7. The van der Waals surface area contributed by atoms with E-state index in [1.807, 2.05) is 36.7 Å². The molecule has 0 bridgehead atoms. The van der Waals surface area contributed by atoms with Crippen molar-refractivity contribution in [1.82, 2.24) is 19.7 Å². The first-order valence-electron chi connectivity index (χ1n) is 5.91. The van der Waals surface area contributed by atoms with Gasteiger partial charge in [0, 0.05) is 12.4 Å². The zero-order chi connectivity index (χ0) is 14.1. The number of thiazole rings is 1. The number of methoxy groups -OCH3 is 1. The molecule has 0 aliphatic heterocycles. The second-order valence-corrected chi connectivity index (χ2v) is 5.39. The van der Waals surface area contributed by atoms with Crippen LogP contribution < -0.4 is 4.74 Å². The summed E-state index contributed by atoms with van der Waals surface area (Å²) in [7, 11) is 3.52. The van der Waals surface area contributed by atoms with E-state index in [1.54, 1.807) is 23.0 Å². The fraction of sp³-hybridized carbons (Fsp3) is 0.154. The number of nitrogens with zero attached hydrogens (tertiary/aromatic N) is 3. The monoisotopic (exact) mass is 304 g/mol. The summed E-state index contributed by atoms with van der Waals surface area (Å²) in [6.45, 7) is 0. The summed E-state index contributed by atoms with van der Waals surface area (Å²) in [5.74, 6) is 1.54. The van der Waals surface area contributed by atoms with Crippen molar-refractivity contribution >= 4 is 23.6 Å². The molecule has 102 valence electrons. The summed E-state index contributed by atoms with van der Waals surface area (Å²) in [5.41, 5.74) is 1.77. The molecule has 0 saturated carbocycles. The Morgan fingerprint density at radius 2 is 2.15 bits per heavy atom. The van der Waals surface area contributed by atoms with E-state index in [9.17, 15) is 0 Å². The van der Waals surface area contributed by atoms with Crippen LogP contribution in [0.4, 0.5) is 0 Å². The maximum atomic E-state index is 5.37. The molecule has 0 radical (unpaired) electrons. The van der Waals surface area contributed by atoms with E-state index in [0.717, 1.165) is 27.8 Å². The van der Waals surface area contributed by atoms with Gasteiger partial charge in [-0.2, -0.15) is 5.10 Å². The lowest BCUT2D eigenvalue weighted by atomic mass is 10.2. The van der Waals surface area contributed by atoms with Gasteiger partial charge in [0.1, 0.15) is 16.5 Å². The number of para-hydroxylation sites is 1. The molecule has 0 atom stereocenters. The molecule has 5 nitrogen and oxygen atoms in total. The number of aromatic amines is 1. The van der Waals surface area contributed by atoms with Crippen molar-refractivity contribution in [2.45, 2.75) is 0 Å². The van der Waals surface area contributed by atoms with Crippen LogP contribution in [0.5, 0.6) is 5.75 Å². The predicted octanol–water partition coefficient (Wildman–Crippen LogP) is 3.28. The van der Waals surface area contributed by atoms with Gasteiger partial charge in [-0.15, -0.1) is 11.3 Å². The van der Waals surface area contributed by atoms with Crippen LogP contribution in [-0.4, -0.2) is 26.9 Å². The first-order valence-corrected chi connectivity index (χ1v) is 7.20. The zero-order valence-corrected chi connectivity index (χ0v) is 12.6. The molecular formula is C13H12N4OS2. The predicted molar refractivity (Wildman–Crippen MR) is 81.5 cm³/mol. The van der Waals surface area contributed by atoms with Crippen LogP contribution in [0.25, 0.3) is 22.1 Å². The van der Waals surface area contributed by atoms with Gasteiger partial charge in [0.15, 0.2) is 10.6 Å². The van der Waals surface area contributed by atoms with Gasteiger partial charge in [0.2, 0.25) is 0 Å². The Balaban J connectivity index is 2.06. The van der Waals surface area contributed by atoms with Gasteiger partial charge in [0.05, 0.1) is 12.7 Å². The Morgan fingerprint density at radius 3 is 2.85 bits per heavy atom. The largest absolute Gasteiger partial charge is 0.496 e. The molecule has 1 N–H and O–H groups in total. The average molecular weight is 304 g/mol. The van der Waals surface area contributed by atoms with E-state index in [2.05, 4.69) is 15.2 Å². The third-order valence-electron chi connectivity index (χ3n) is 2.95. The van der Waals surface area contributed by atoms with Crippen molar-refractivity contribution in [3.63, 3.8) is 0 Å². The number of hydrogen-bond acceptors (Lipinski definition) is 5. The summed E-state index contributed by atoms with van der Waals surface area (Å²) in [6.07, 6.45) is 0. The average Bonchev–Trinajstić information content (AvgIpc) is 3.07. The van der Waals surface area contributed by atoms with Crippen LogP contribution in [-0.2, 0) is 7.05 Å². The Bertz CT molecular complexity index is 803. The maximum absolute atomic E-state index is 5.37. The summed E-state index contributed by atoms with van der Waals surface area (Å²) >= 11 is 6.67. The lowest BCUT2D eigenvalue weighted by Gasteiger charge is -2.04. The lowest BCUT2D eigenvalue weighted by Crippen LogP contribution is -1.93. The third kappa shape index (κ3) is 2.14. The summed E-state index contributed by atoms with van der Waals surface area (Å²) in [5, 5.41) is 9.82. The van der Waals surface area contributed by atoms with Crippen LogP contribution >= 0.6 is 23.6 Å². The molecule has 0 aliphatic carbocycles. The van der Waals surface area contributed by atoms with Crippen molar-refractivity contribution in [3.8, 4) is 27.8 Å². The number of aromatic nitrogens is 4. The number of H-pyrrole nitrogens is 1. The number of benzene rings is 1. The number of ether oxygens (including phenoxy) is 1. The van der Waals surface area contributed by atoms with Crippen molar-refractivity contribution < 1.29 is 4.74 Å². The standard InChI is InChI=1S/C13H12N4OS2/c1-17-11(15-16-13(17)19)9-7-20-12(14-9)8-5-3-4-6-10(8)18-2/h3-7H,1-2H3,(H,16,19). The lowest BCUT2D eigenvalue weighted by molar-refractivity contribution is 0.416. The van der Waals surface area contributed by atoms with Crippen molar-refractivity contribution in [2.24, 2.45) is 7.05 Å². The third-order valence-corrected chi connectivity index (χ3v) is 4.19. The summed E-state index contributed by atoms with van der Waals surface area (Å²) in [4.78, 5) is 4.62. The Hall–Kier alpha value is -1.99. The van der Waals surface area contributed by atoms with E-state index >= 15 is 0 Å². The maximum Gasteiger partial charge on any atom is 0.195 e. The fourth-order valence-corrected chi connectivity index (χ4v) is 2.86. The molecule has 20 heavy (non-hydrogen) atoms. The molecule has 0 fully saturated rings. The molecule has 0 unspecified atom stereocenters. The van der Waals surface area contributed by atoms with Gasteiger partial charge in [-0.25, -0.2) is 4.98 Å². The topological polar surface area (TPSA) is 55.7 Å². The number of hydrogen-bond donors (Lipinski definition) is 1. The van der Waals surface area contributed by atoms with Gasteiger partial charge >= 0.3 is 0 Å². The second-order valence-electron chi connectivity index (χ2n) is 4.15. The minimum atomic E-state index is 0.576. The zero-order valence-electron chi connectivity index (χ0n) is 11.0. The molecule has 3 rings (SSSR count). The first kappa shape index (κ1) is 13.0. The van der Waals surface area contributed by atoms with Gasteiger partial charge in [-0.3, -0.25) is 5.10 Å². The SMILES string of the molecule is COc1ccccc1-c1nc(-c2n[nH]c(=S)n2C)cs1. The highest BCUT2D eigenvalue weighted by molar-refractivity contribution is 7.71. The van der Waals surface area contributed by atoms with Crippen molar-refractivity contribution in [3.05, 3.63) is 34.4 Å². The summed E-state index contributed by atoms with van der Waals surface area (Å²) in [6, 6.07) is 7.82. The van der Waals surface area contributed by atoms with E-state index < -0.39 is 0 Å². The first-order chi connectivity index (χ1) is 9.70. The number of nitrogens with one attached hydrogen (secondary N) is 1. The highest BCUT2D eigenvalue weighted by atomic mass is 32.1. The highest BCUT2D eigenvalue weighted by Gasteiger charge is 2.13. The van der Waals surface area contributed by atoms with Crippen LogP contribution in [0.2, 0.25) is 0 Å². The second kappa shape index (κ2) is 5.18. The van der Waals surface area contributed by atoms with Crippen LogP contribution in [0.1, 0.15) is 0 Å². The van der Waals surface area contributed by atoms with E-state index in [1.165, 1.54) is 0 Å². The minimum absolute atomic E-state index is 0.576. The molecule has 7 heteroatoms. The van der Waals surface area contributed by atoms with Gasteiger partial charge in [0.25, 0.3) is 0 Å². The van der Waals surface area contributed by atoms with E-state index in [4.69, 9.17) is 17.0 Å². The van der Waals surface area contributed by atoms with E-state index in [-0.39, 0.29) is 0 Å². The van der Waals surface area contributed by atoms with Gasteiger partial charge in [-0.05, 0) is 24.4 Å². The fourth-order valence-electron chi connectivity index (χ4n) is 1.90. The Labute approximate surface area is 124 Å². The molecular weight excluding hydrogens is 292 g/mol. The number of rotatable bonds is 3. The molecule has 2 heterocycles. The van der Waals surface area contributed by atoms with Gasteiger partial charge < -0.3 is 9.30 Å². The molecule has 3 aromatic rings. The van der Waals surface area contributed by atoms with E-state index in [0.29, 0.717) is 4.77 Å². The minimum Gasteiger partial charge on any atom is -0.496 e. The highest BCUT2D eigenvalue weighted by Crippen LogP contribution is 2.33.